The Morgan fingerprint density at radius 1 is 1.14 bits per heavy atom. The van der Waals surface area contributed by atoms with Gasteiger partial charge in [0.05, 0.1) is 11.8 Å². The fourth-order valence-electron chi connectivity index (χ4n) is 4.67. The van der Waals surface area contributed by atoms with Crippen LogP contribution in [0.3, 0.4) is 0 Å². The van der Waals surface area contributed by atoms with Crippen LogP contribution in [0.4, 0.5) is 13.2 Å². The summed E-state index contributed by atoms with van der Waals surface area (Å²) >= 11 is 0. The Labute approximate surface area is 167 Å². The van der Waals surface area contributed by atoms with E-state index in [9.17, 15) is 18.0 Å². The Bertz CT molecular complexity index is 724. The first-order valence-electron chi connectivity index (χ1n) is 9.99. The van der Waals surface area contributed by atoms with Gasteiger partial charge < -0.3 is 19.3 Å². The standard InChI is InChI=1S/C18H26N2O2.C2HF3O2/c1-14-16(4-11-22-14)17(21)20-9-5-18(6-10-20)12-15(13-18)19-7-2-3-8-19;3-2(4,5)1(6)7/h4,11,15H,2-3,5-10,12-13H2,1H3;(H,6,7). The van der Waals surface area contributed by atoms with Crippen LogP contribution in [-0.4, -0.2) is 65.2 Å². The summed E-state index contributed by atoms with van der Waals surface area (Å²) in [6.07, 6.45) is 4.38. The number of piperidine rings is 1. The molecule has 3 fully saturated rings. The van der Waals surface area contributed by atoms with Gasteiger partial charge in [0, 0.05) is 19.1 Å². The van der Waals surface area contributed by atoms with Crippen molar-refractivity contribution in [2.75, 3.05) is 26.2 Å². The number of furan rings is 1. The lowest BCUT2D eigenvalue weighted by Crippen LogP contribution is -2.55. The molecule has 1 spiro atoms. The molecule has 1 aliphatic carbocycles. The lowest BCUT2D eigenvalue weighted by molar-refractivity contribution is -0.192. The number of aliphatic carboxylic acids is 1. The highest BCUT2D eigenvalue weighted by atomic mass is 19.4. The van der Waals surface area contributed by atoms with Crippen LogP contribution in [0.25, 0.3) is 0 Å². The molecule has 1 aromatic heterocycles. The molecule has 9 heteroatoms. The van der Waals surface area contributed by atoms with E-state index in [2.05, 4.69) is 4.90 Å². The van der Waals surface area contributed by atoms with Gasteiger partial charge in [0.15, 0.2) is 0 Å². The zero-order valence-corrected chi connectivity index (χ0v) is 16.5. The molecule has 2 aliphatic heterocycles. The summed E-state index contributed by atoms with van der Waals surface area (Å²) in [5.74, 6) is -1.87. The minimum atomic E-state index is -5.08. The first-order chi connectivity index (χ1) is 13.6. The van der Waals surface area contributed by atoms with Gasteiger partial charge in [-0.2, -0.15) is 13.2 Å². The lowest BCUT2D eigenvalue weighted by Gasteiger charge is -2.54. The van der Waals surface area contributed by atoms with Gasteiger partial charge in [0.1, 0.15) is 5.76 Å². The van der Waals surface area contributed by atoms with Crippen LogP contribution in [0.2, 0.25) is 0 Å². The number of nitrogens with zero attached hydrogens (tertiary/aromatic N) is 2. The molecule has 3 aliphatic rings. The Hall–Kier alpha value is -2.03. The van der Waals surface area contributed by atoms with E-state index in [-0.39, 0.29) is 5.91 Å². The molecule has 0 atom stereocenters. The first-order valence-corrected chi connectivity index (χ1v) is 9.99. The van der Waals surface area contributed by atoms with E-state index in [1.54, 1.807) is 12.3 Å². The van der Waals surface area contributed by atoms with Crippen molar-refractivity contribution in [3.63, 3.8) is 0 Å². The first kappa shape index (κ1) is 21.7. The van der Waals surface area contributed by atoms with Crippen LogP contribution in [0.15, 0.2) is 16.7 Å². The number of likely N-dealkylation sites (tertiary alicyclic amines) is 2. The Morgan fingerprint density at radius 2 is 1.69 bits per heavy atom. The molecule has 3 heterocycles. The molecule has 29 heavy (non-hydrogen) atoms. The van der Waals surface area contributed by atoms with E-state index >= 15 is 0 Å². The summed E-state index contributed by atoms with van der Waals surface area (Å²) < 4.78 is 37.0. The highest BCUT2D eigenvalue weighted by Crippen LogP contribution is 2.51. The summed E-state index contributed by atoms with van der Waals surface area (Å²) in [5.41, 5.74) is 1.27. The number of hydrogen-bond acceptors (Lipinski definition) is 4. The van der Waals surface area contributed by atoms with Gasteiger partial charge >= 0.3 is 12.1 Å². The number of carbonyl (C=O) groups excluding carboxylic acids is 1. The second-order valence-corrected chi connectivity index (χ2v) is 8.29. The molecule has 2 saturated heterocycles. The molecular weight excluding hydrogens is 389 g/mol. The molecular formula is C20H27F3N2O4. The van der Waals surface area contributed by atoms with Gasteiger partial charge in [-0.05, 0) is 70.0 Å². The van der Waals surface area contributed by atoms with E-state index in [0.29, 0.717) is 5.41 Å². The monoisotopic (exact) mass is 416 g/mol. The fourth-order valence-corrected chi connectivity index (χ4v) is 4.67. The fraction of sp³-hybridized carbons (Fsp3) is 0.700. The third kappa shape index (κ3) is 4.94. The second kappa shape index (κ2) is 8.38. The minimum absolute atomic E-state index is 0.150. The van der Waals surface area contributed by atoms with Crippen molar-refractivity contribution in [1.82, 2.24) is 9.80 Å². The quantitative estimate of drug-likeness (QED) is 0.796. The van der Waals surface area contributed by atoms with Crippen molar-refractivity contribution in [3.8, 4) is 0 Å². The van der Waals surface area contributed by atoms with E-state index in [0.717, 1.165) is 30.5 Å². The molecule has 1 saturated carbocycles. The van der Waals surface area contributed by atoms with Crippen LogP contribution in [0.1, 0.15) is 54.6 Å². The van der Waals surface area contributed by atoms with E-state index in [1.807, 2.05) is 11.8 Å². The van der Waals surface area contributed by atoms with Crippen LogP contribution >= 0.6 is 0 Å². The summed E-state index contributed by atoms with van der Waals surface area (Å²) in [7, 11) is 0. The maximum absolute atomic E-state index is 12.5. The minimum Gasteiger partial charge on any atom is -0.475 e. The van der Waals surface area contributed by atoms with Crippen molar-refractivity contribution in [2.24, 2.45) is 5.41 Å². The largest absolute Gasteiger partial charge is 0.490 e. The Morgan fingerprint density at radius 3 is 2.14 bits per heavy atom. The van der Waals surface area contributed by atoms with Crippen LogP contribution < -0.4 is 0 Å². The summed E-state index contributed by atoms with van der Waals surface area (Å²) in [4.78, 5) is 26.1. The predicted octanol–water partition coefficient (Wildman–Crippen LogP) is 3.70. The highest BCUT2D eigenvalue weighted by molar-refractivity contribution is 5.95. The smallest absolute Gasteiger partial charge is 0.475 e. The maximum atomic E-state index is 12.5. The molecule has 1 aromatic rings. The van der Waals surface area contributed by atoms with Crippen LogP contribution in [-0.2, 0) is 4.79 Å². The van der Waals surface area contributed by atoms with Crippen molar-refractivity contribution >= 4 is 11.9 Å². The zero-order valence-electron chi connectivity index (χ0n) is 16.5. The number of carboxylic acids is 1. The summed E-state index contributed by atoms with van der Waals surface area (Å²) in [6.45, 7) is 6.31. The van der Waals surface area contributed by atoms with Crippen molar-refractivity contribution < 1.29 is 32.3 Å². The van der Waals surface area contributed by atoms with E-state index in [1.165, 1.54) is 51.6 Å². The molecule has 1 amide bonds. The average Bonchev–Trinajstić information content (AvgIpc) is 3.30. The van der Waals surface area contributed by atoms with Gasteiger partial charge in [0.2, 0.25) is 0 Å². The SMILES string of the molecule is Cc1occc1C(=O)N1CCC2(CC1)CC(N1CCCC1)C2.O=C(O)C(F)(F)F. The number of hydrogen-bond donors (Lipinski definition) is 1. The molecule has 0 aromatic carbocycles. The zero-order chi connectivity index (χ0) is 21.2. The third-order valence-electron chi connectivity index (χ3n) is 6.44. The highest BCUT2D eigenvalue weighted by Gasteiger charge is 2.48. The number of alkyl halides is 3. The maximum Gasteiger partial charge on any atom is 0.490 e. The molecule has 162 valence electrons. The lowest BCUT2D eigenvalue weighted by atomic mass is 9.60. The third-order valence-corrected chi connectivity index (χ3v) is 6.44. The van der Waals surface area contributed by atoms with E-state index < -0.39 is 12.1 Å². The van der Waals surface area contributed by atoms with Gasteiger partial charge in [-0.25, -0.2) is 4.79 Å². The molecule has 0 bridgehead atoms. The number of rotatable bonds is 2. The molecule has 0 unspecified atom stereocenters. The normalized spacial score (nSPS) is 22.1. The topological polar surface area (TPSA) is 74.0 Å². The number of halogens is 3. The number of aryl methyl sites for hydroxylation is 1. The Kier molecular flexibility index (Phi) is 6.26. The van der Waals surface area contributed by atoms with Crippen molar-refractivity contribution in [1.29, 1.82) is 0 Å². The van der Waals surface area contributed by atoms with E-state index in [4.69, 9.17) is 14.3 Å². The second-order valence-electron chi connectivity index (χ2n) is 8.29. The van der Waals surface area contributed by atoms with Gasteiger partial charge in [-0.15, -0.1) is 0 Å². The Balaban J connectivity index is 0.000000298. The number of carboxylic acid groups (broad SMARTS) is 1. The molecule has 4 rings (SSSR count). The van der Waals surface area contributed by atoms with Crippen molar-refractivity contribution in [2.45, 2.75) is 57.7 Å². The molecule has 6 nitrogen and oxygen atoms in total. The number of carbonyl (C=O) groups is 2. The average molecular weight is 416 g/mol. The van der Waals surface area contributed by atoms with Gasteiger partial charge in [-0.1, -0.05) is 0 Å². The summed E-state index contributed by atoms with van der Waals surface area (Å²) in [6, 6.07) is 2.63. The number of amides is 1. The van der Waals surface area contributed by atoms with Crippen LogP contribution in [0.5, 0.6) is 0 Å². The van der Waals surface area contributed by atoms with Crippen molar-refractivity contribution in [3.05, 3.63) is 23.7 Å². The van der Waals surface area contributed by atoms with Gasteiger partial charge in [0.25, 0.3) is 5.91 Å². The summed E-state index contributed by atoms with van der Waals surface area (Å²) in [5, 5.41) is 7.12. The van der Waals surface area contributed by atoms with Gasteiger partial charge in [-0.3, -0.25) is 4.79 Å². The predicted molar refractivity (Wildman–Crippen MR) is 98.5 cm³/mol. The van der Waals surface area contributed by atoms with Crippen LogP contribution in [0, 0.1) is 12.3 Å². The molecule has 1 N–H and O–H groups in total. The molecule has 0 radical (unpaired) electrons.